The summed E-state index contributed by atoms with van der Waals surface area (Å²) in [6.45, 7) is 3.92. The standard InChI is InChI=1S/C21H20N4O6/c1-13-3-4-14(2)19(9-13)31-17-11-15(10-16(12-17)25(29)30)22-20(26)6-8-24-7-5-18(23-24)21(27)28/h3-5,7,9-12H,6,8H2,1-2H3,(H,22,26)(H,27,28). The van der Waals surface area contributed by atoms with Gasteiger partial charge in [-0.2, -0.15) is 5.10 Å². The number of carbonyl (C=O) groups is 2. The highest BCUT2D eigenvalue weighted by Gasteiger charge is 2.14. The molecule has 0 aliphatic rings. The molecule has 0 fully saturated rings. The van der Waals surface area contributed by atoms with E-state index in [9.17, 15) is 19.7 Å². The lowest BCUT2D eigenvalue weighted by molar-refractivity contribution is -0.384. The molecule has 2 aromatic carbocycles. The highest BCUT2D eigenvalue weighted by atomic mass is 16.6. The first-order valence-electron chi connectivity index (χ1n) is 9.32. The Kier molecular flexibility index (Phi) is 6.29. The molecule has 0 bridgehead atoms. The molecule has 1 aromatic heterocycles. The van der Waals surface area contributed by atoms with E-state index in [1.165, 1.54) is 35.1 Å². The zero-order chi connectivity index (χ0) is 22.5. The average molecular weight is 424 g/mol. The molecule has 10 nitrogen and oxygen atoms in total. The quantitative estimate of drug-likeness (QED) is 0.413. The molecule has 3 rings (SSSR count). The number of ether oxygens (including phenoxy) is 1. The number of carboxylic acids is 1. The van der Waals surface area contributed by atoms with E-state index < -0.39 is 16.8 Å². The van der Waals surface area contributed by atoms with Crippen molar-refractivity contribution in [2.24, 2.45) is 0 Å². The summed E-state index contributed by atoms with van der Waals surface area (Å²) in [5, 5.41) is 26.6. The van der Waals surface area contributed by atoms with E-state index >= 15 is 0 Å². The maximum Gasteiger partial charge on any atom is 0.356 e. The van der Waals surface area contributed by atoms with Gasteiger partial charge in [0.05, 0.1) is 16.7 Å². The van der Waals surface area contributed by atoms with E-state index in [4.69, 9.17) is 9.84 Å². The number of amides is 1. The van der Waals surface area contributed by atoms with Crippen molar-refractivity contribution in [3.8, 4) is 11.5 Å². The maximum absolute atomic E-state index is 12.3. The molecule has 2 N–H and O–H groups in total. The minimum atomic E-state index is -1.16. The lowest BCUT2D eigenvalue weighted by Gasteiger charge is -2.12. The van der Waals surface area contributed by atoms with Gasteiger partial charge in [0.25, 0.3) is 5.69 Å². The number of aryl methyl sites for hydroxylation is 3. The van der Waals surface area contributed by atoms with Crippen molar-refractivity contribution in [1.82, 2.24) is 9.78 Å². The van der Waals surface area contributed by atoms with Gasteiger partial charge in [-0.15, -0.1) is 0 Å². The Morgan fingerprint density at radius 1 is 1.19 bits per heavy atom. The first-order chi connectivity index (χ1) is 14.7. The Bertz CT molecular complexity index is 1150. The van der Waals surface area contributed by atoms with Crippen LogP contribution >= 0.6 is 0 Å². The van der Waals surface area contributed by atoms with Gasteiger partial charge < -0.3 is 15.2 Å². The monoisotopic (exact) mass is 424 g/mol. The molecule has 1 amide bonds. The third-order valence-electron chi connectivity index (χ3n) is 4.39. The fourth-order valence-corrected chi connectivity index (χ4v) is 2.80. The second kappa shape index (κ2) is 9.08. The predicted molar refractivity (Wildman–Crippen MR) is 112 cm³/mol. The number of hydrogen-bond donors (Lipinski definition) is 2. The van der Waals surface area contributed by atoms with Gasteiger partial charge in [0.2, 0.25) is 5.91 Å². The van der Waals surface area contributed by atoms with Gasteiger partial charge in [-0.3, -0.25) is 19.6 Å². The Labute approximate surface area is 177 Å². The Hall–Kier alpha value is -4.21. The molecule has 0 unspecified atom stereocenters. The highest BCUT2D eigenvalue weighted by molar-refractivity contribution is 5.91. The van der Waals surface area contributed by atoms with E-state index in [0.29, 0.717) is 5.75 Å². The lowest BCUT2D eigenvalue weighted by atomic mass is 10.1. The van der Waals surface area contributed by atoms with Crippen LogP contribution in [0.1, 0.15) is 28.0 Å². The van der Waals surface area contributed by atoms with E-state index in [1.807, 2.05) is 32.0 Å². The molecule has 0 spiro atoms. The largest absolute Gasteiger partial charge is 0.476 e. The number of anilines is 1. The van der Waals surface area contributed by atoms with E-state index in [0.717, 1.165) is 11.1 Å². The fraction of sp³-hybridized carbons (Fsp3) is 0.190. The molecule has 1 heterocycles. The van der Waals surface area contributed by atoms with Crippen LogP contribution in [0.4, 0.5) is 11.4 Å². The molecule has 0 aliphatic heterocycles. The molecule has 0 saturated carbocycles. The molecule has 0 radical (unpaired) electrons. The van der Waals surface area contributed by atoms with Gasteiger partial charge in [-0.1, -0.05) is 12.1 Å². The van der Waals surface area contributed by atoms with E-state index in [1.54, 1.807) is 0 Å². The molecule has 0 aliphatic carbocycles. The van der Waals surface area contributed by atoms with Gasteiger partial charge in [0.15, 0.2) is 5.69 Å². The van der Waals surface area contributed by atoms with Crippen LogP contribution in [-0.2, 0) is 11.3 Å². The normalized spacial score (nSPS) is 10.5. The SMILES string of the molecule is Cc1ccc(C)c(Oc2cc(NC(=O)CCn3ccc(C(=O)O)n3)cc([N+](=O)[O-])c2)c1. The summed E-state index contributed by atoms with van der Waals surface area (Å²) in [7, 11) is 0. The predicted octanol–water partition coefficient (Wildman–Crippen LogP) is 3.93. The zero-order valence-corrected chi connectivity index (χ0v) is 16.9. The highest BCUT2D eigenvalue weighted by Crippen LogP contribution is 2.31. The first kappa shape index (κ1) is 21.5. The Morgan fingerprint density at radius 3 is 2.65 bits per heavy atom. The van der Waals surface area contributed by atoms with Crippen molar-refractivity contribution in [2.75, 3.05) is 5.32 Å². The summed E-state index contributed by atoms with van der Waals surface area (Å²) >= 11 is 0. The summed E-state index contributed by atoms with van der Waals surface area (Å²) in [6.07, 6.45) is 1.46. The molecular weight excluding hydrogens is 404 g/mol. The summed E-state index contributed by atoms with van der Waals surface area (Å²) in [5.74, 6) is -0.788. The number of aromatic nitrogens is 2. The van der Waals surface area contributed by atoms with Crippen LogP contribution < -0.4 is 10.1 Å². The number of carbonyl (C=O) groups excluding carboxylic acids is 1. The fourth-order valence-electron chi connectivity index (χ4n) is 2.80. The van der Waals surface area contributed by atoms with Crippen molar-refractivity contribution in [1.29, 1.82) is 0 Å². The van der Waals surface area contributed by atoms with Crippen molar-refractivity contribution < 1.29 is 24.4 Å². The van der Waals surface area contributed by atoms with Crippen LogP contribution in [0.3, 0.4) is 0 Å². The molecule has 160 valence electrons. The lowest BCUT2D eigenvalue weighted by Crippen LogP contribution is -2.15. The summed E-state index contributed by atoms with van der Waals surface area (Å²) in [6, 6.07) is 11.0. The number of hydrogen-bond acceptors (Lipinski definition) is 6. The molecular formula is C21H20N4O6. The molecule has 31 heavy (non-hydrogen) atoms. The van der Waals surface area contributed by atoms with Gasteiger partial charge in [0, 0.05) is 31.3 Å². The number of nitrogens with one attached hydrogen (secondary N) is 1. The smallest absolute Gasteiger partial charge is 0.356 e. The second-order valence-electron chi connectivity index (χ2n) is 6.91. The number of nitro groups is 1. The van der Waals surface area contributed by atoms with Gasteiger partial charge in [-0.05, 0) is 37.1 Å². The minimum absolute atomic E-state index is 0.00336. The first-order valence-corrected chi connectivity index (χ1v) is 9.32. The number of aromatic carboxylic acids is 1. The van der Waals surface area contributed by atoms with Crippen molar-refractivity contribution in [2.45, 2.75) is 26.8 Å². The third-order valence-corrected chi connectivity index (χ3v) is 4.39. The van der Waals surface area contributed by atoms with Gasteiger partial charge in [0.1, 0.15) is 11.5 Å². The maximum atomic E-state index is 12.3. The van der Waals surface area contributed by atoms with Crippen LogP contribution in [-0.4, -0.2) is 31.7 Å². The van der Waals surface area contributed by atoms with Crippen LogP contribution in [0.15, 0.2) is 48.7 Å². The van der Waals surface area contributed by atoms with E-state index in [-0.39, 0.29) is 35.8 Å². The molecule has 0 saturated heterocycles. The van der Waals surface area contributed by atoms with Crippen molar-refractivity contribution in [3.63, 3.8) is 0 Å². The van der Waals surface area contributed by atoms with Crippen molar-refractivity contribution in [3.05, 3.63) is 75.6 Å². The molecule has 0 atom stereocenters. The number of benzene rings is 2. The summed E-state index contributed by atoms with van der Waals surface area (Å²) in [5.41, 5.74) is 1.71. The van der Waals surface area contributed by atoms with Crippen LogP contribution in [0.2, 0.25) is 0 Å². The number of nitro benzene ring substituents is 1. The summed E-state index contributed by atoms with van der Waals surface area (Å²) < 4.78 is 7.17. The third kappa shape index (κ3) is 5.66. The Balaban J connectivity index is 1.73. The second-order valence-corrected chi connectivity index (χ2v) is 6.91. The number of rotatable bonds is 8. The van der Waals surface area contributed by atoms with Gasteiger partial charge >= 0.3 is 5.97 Å². The van der Waals surface area contributed by atoms with Crippen molar-refractivity contribution >= 4 is 23.3 Å². The Morgan fingerprint density at radius 2 is 1.97 bits per heavy atom. The zero-order valence-electron chi connectivity index (χ0n) is 16.9. The van der Waals surface area contributed by atoms with Crippen LogP contribution in [0, 0.1) is 24.0 Å². The molecule has 10 heteroatoms. The molecule has 3 aromatic rings. The van der Waals surface area contributed by atoms with E-state index in [2.05, 4.69) is 10.4 Å². The average Bonchev–Trinajstić information content (AvgIpc) is 3.18. The van der Waals surface area contributed by atoms with Crippen LogP contribution in [0.25, 0.3) is 0 Å². The number of nitrogens with zero attached hydrogens (tertiary/aromatic N) is 3. The topological polar surface area (TPSA) is 137 Å². The number of carboxylic acid groups (broad SMARTS) is 1. The minimum Gasteiger partial charge on any atom is -0.476 e. The summed E-state index contributed by atoms with van der Waals surface area (Å²) in [4.78, 5) is 33.9. The van der Waals surface area contributed by atoms with Gasteiger partial charge in [-0.25, -0.2) is 4.79 Å². The van der Waals surface area contributed by atoms with Crippen LogP contribution in [0.5, 0.6) is 11.5 Å². The number of non-ortho nitro benzene ring substituents is 1.